The van der Waals surface area contributed by atoms with Crippen LogP contribution in [0.1, 0.15) is 33.1 Å². The van der Waals surface area contributed by atoms with Gasteiger partial charge in [-0.15, -0.1) is 40.5 Å². The fourth-order valence-corrected chi connectivity index (χ4v) is 1.34. The van der Waals surface area contributed by atoms with Crippen molar-refractivity contribution in [1.82, 2.24) is 0 Å². The summed E-state index contributed by atoms with van der Waals surface area (Å²) in [6, 6.07) is 0. The normalized spacial score (nSPS) is 9.24. The van der Waals surface area contributed by atoms with Gasteiger partial charge in [-0.25, -0.2) is 0 Å². The number of carboxylic acids is 2. The van der Waals surface area contributed by atoms with E-state index in [1.165, 1.54) is 0 Å². The van der Waals surface area contributed by atoms with Crippen molar-refractivity contribution in [3.05, 3.63) is 51.9 Å². The molecule has 0 spiro atoms. The Morgan fingerprint density at radius 1 is 0.689 bits per heavy atom. The molecule has 0 aliphatic carbocycles. The number of aliphatic hydroxyl groups is 2. The van der Waals surface area contributed by atoms with Gasteiger partial charge in [0.25, 0.3) is 20.3 Å². The topological polar surface area (TPSA) is 447 Å². The second kappa shape index (κ2) is 44.8. The second-order valence-electron chi connectivity index (χ2n) is 6.38. The summed E-state index contributed by atoms with van der Waals surface area (Å²) in [5.41, 5.74) is 12.8. The maximum atomic E-state index is 10.1. The number of hydrogen-bond acceptors (Lipinski definition) is 18. The van der Waals surface area contributed by atoms with Crippen molar-refractivity contribution < 1.29 is 155 Å². The van der Waals surface area contributed by atoms with Crippen molar-refractivity contribution >= 4 is 24.1 Å². The van der Waals surface area contributed by atoms with Crippen LogP contribution in [0.15, 0.2) is 0 Å². The first-order valence-corrected chi connectivity index (χ1v) is 10.2. The number of rotatable bonds is 13. The van der Waals surface area contributed by atoms with E-state index in [-0.39, 0.29) is 103 Å². The molecule has 0 saturated heterocycles. The molecule has 0 aromatic heterocycles. The predicted molar refractivity (Wildman–Crippen MR) is 127 cm³/mol. The molecule has 2 amide bonds. The molecule has 0 aliphatic heterocycles. The zero-order valence-electron chi connectivity index (χ0n) is 23.3. The molecule has 0 aromatic rings. The maximum absolute atomic E-state index is 10.1. The van der Waals surface area contributed by atoms with Crippen LogP contribution in [-0.2, 0) is 94.2 Å². The minimum Gasteiger partial charge on any atom is -0.632 e. The van der Waals surface area contributed by atoms with Gasteiger partial charge in [-0.05, 0) is 12.3 Å². The van der Waals surface area contributed by atoms with Crippen molar-refractivity contribution in [2.45, 2.75) is 33.1 Å². The Balaban J connectivity index is -0.0000000635. The number of carbonyl (C=O) groups excluding carboxylic acids is 2. The first kappa shape index (κ1) is 60.6. The van der Waals surface area contributed by atoms with Crippen LogP contribution in [0.5, 0.6) is 0 Å². The van der Waals surface area contributed by atoms with E-state index in [0.717, 1.165) is 0 Å². The van der Waals surface area contributed by atoms with Gasteiger partial charge in [0.05, 0.1) is 19.6 Å². The fraction of sp³-hybridized carbons (Fsp3) is 0.733. The molecule has 45 heavy (non-hydrogen) atoms. The van der Waals surface area contributed by atoms with Crippen molar-refractivity contribution in [2.24, 2.45) is 11.8 Å². The molecule has 0 bridgehead atoms. The van der Waals surface area contributed by atoms with E-state index in [1.807, 2.05) is 0 Å². The van der Waals surface area contributed by atoms with Gasteiger partial charge in [-0.1, -0.05) is 13.8 Å². The van der Waals surface area contributed by atoms with Crippen molar-refractivity contribution in [3.8, 4) is 0 Å². The summed E-state index contributed by atoms with van der Waals surface area (Å²) in [5.74, 6) is -2.03. The van der Waals surface area contributed by atoms with E-state index in [9.17, 15) is 19.2 Å². The molecule has 2 unspecified atom stereocenters. The first-order valence-electron chi connectivity index (χ1n) is 10.2. The monoisotopic (exact) mass is 824 g/mol. The van der Waals surface area contributed by atoms with E-state index in [4.69, 9.17) is 82.8 Å². The number of carbonyl (C=O) groups is 4. The molecule has 0 rings (SSSR count). The number of amides is 2. The SMILES string of the molecule is CC(CCC(=O)O)COC([NH-])=O.CC(COC([NH-])=O)CC(=O)O.O=[N+]([O-])O.O=[N+]([O-])O.O=[N+]([O-])OCO.O=[N+]([O-])OCO.[Y].[Y]. The average Bonchev–Trinajstić information content (AvgIpc) is 2.80. The van der Waals surface area contributed by atoms with E-state index >= 15 is 0 Å². The van der Waals surface area contributed by atoms with Crippen molar-refractivity contribution in [1.29, 1.82) is 0 Å². The molecule has 28 nitrogen and oxygen atoms in total. The van der Waals surface area contributed by atoms with E-state index < -0.39 is 58.1 Å². The number of nitrogens with one attached hydrogen (secondary N) is 2. The summed E-state index contributed by atoms with van der Waals surface area (Å²) in [6.07, 6.45) is -1.72. The smallest absolute Gasteiger partial charge is 0.303 e. The molecule has 260 valence electrons. The Morgan fingerprint density at radius 2 is 0.978 bits per heavy atom. The average molecular weight is 824 g/mol. The van der Waals surface area contributed by atoms with Crippen molar-refractivity contribution in [2.75, 3.05) is 26.8 Å². The van der Waals surface area contributed by atoms with Crippen LogP contribution in [0.4, 0.5) is 9.59 Å². The first-order chi connectivity index (χ1) is 19.5. The molecular weight excluding hydrogens is 794 g/mol. The Morgan fingerprint density at radius 3 is 1.16 bits per heavy atom. The molecular formula is C15H30N6O22Y2-2. The Labute approximate surface area is 301 Å². The molecule has 0 aliphatic rings. The molecule has 0 aromatic carbocycles. The van der Waals surface area contributed by atoms with Crippen LogP contribution in [0.3, 0.4) is 0 Å². The summed E-state index contributed by atoms with van der Waals surface area (Å²) >= 11 is 0. The largest absolute Gasteiger partial charge is 0.632 e. The standard InChI is InChI=1S/C7H13NO4.C6H11NO4.2CH3NO4.2HNO3.2Y/c1-5(2-3-6(9)10)4-12-7(8)11;1-4(2-5(8)9)3-11-6(7)10;2*3-1-6-2(4)5;2*2-1(3)4;;/h5H,2-4H2,1H3,(H3,8,9,10,11);4H,2-3H2,1H3,(H3,7,8,9,10);2*3H,1H2;2*(H,2,3,4);;/p-2. The fourth-order valence-electron chi connectivity index (χ4n) is 1.34. The van der Waals surface area contributed by atoms with Crippen LogP contribution >= 0.6 is 0 Å². The Kier molecular flexibility index (Phi) is 60.4. The van der Waals surface area contributed by atoms with Gasteiger partial charge in [-0.2, -0.15) is 0 Å². The zero-order valence-corrected chi connectivity index (χ0v) is 28.9. The van der Waals surface area contributed by atoms with Gasteiger partial charge in [-0.3, -0.25) is 28.9 Å². The third-order valence-corrected chi connectivity index (χ3v) is 2.70. The third-order valence-electron chi connectivity index (χ3n) is 2.70. The summed E-state index contributed by atoms with van der Waals surface area (Å²) in [6.45, 7) is 1.78. The van der Waals surface area contributed by atoms with Gasteiger partial charge in [0, 0.05) is 77.8 Å². The van der Waals surface area contributed by atoms with E-state index in [1.54, 1.807) is 13.8 Å². The molecule has 0 saturated carbocycles. The number of nitrogens with zero attached hydrogens (tertiary/aromatic N) is 4. The molecule has 0 fully saturated rings. The van der Waals surface area contributed by atoms with Crippen LogP contribution < -0.4 is 0 Å². The van der Waals surface area contributed by atoms with Crippen LogP contribution in [0, 0.1) is 52.3 Å². The third kappa shape index (κ3) is 130. The Bertz CT molecular complexity index is 770. The van der Waals surface area contributed by atoms with Gasteiger partial charge in [0.15, 0.2) is 13.6 Å². The summed E-state index contributed by atoms with van der Waals surface area (Å²) in [5, 5.41) is 74.9. The van der Waals surface area contributed by atoms with Gasteiger partial charge in [0.1, 0.15) is 0 Å². The zero-order chi connectivity index (χ0) is 35.6. The molecule has 2 atom stereocenters. The number of ether oxygens (including phenoxy) is 2. The molecule has 2 radical (unpaired) electrons. The number of hydrogen-bond donors (Lipinski definition) is 6. The van der Waals surface area contributed by atoms with Gasteiger partial charge < -0.3 is 51.8 Å². The molecule has 30 heteroatoms. The van der Waals surface area contributed by atoms with Crippen LogP contribution in [0.25, 0.3) is 11.5 Å². The second-order valence-corrected chi connectivity index (χ2v) is 6.38. The number of carboxylic acid groups (broad SMARTS) is 2. The van der Waals surface area contributed by atoms with Gasteiger partial charge >= 0.3 is 11.9 Å². The summed E-state index contributed by atoms with van der Waals surface area (Å²) in [7, 11) is 0. The van der Waals surface area contributed by atoms with Crippen LogP contribution in [0.2, 0.25) is 0 Å². The Hall–Kier alpha value is -3.59. The summed E-state index contributed by atoms with van der Waals surface area (Å²) < 4.78 is 8.64. The number of aliphatic carboxylic acids is 2. The minimum atomic E-state index is -1.50. The quantitative estimate of drug-likeness (QED) is 0.0838. The minimum absolute atomic E-state index is 0. The molecule has 8 N–H and O–H groups in total. The van der Waals surface area contributed by atoms with E-state index in [2.05, 4.69) is 19.1 Å². The van der Waals surface area contributed by atoms with E-state index in [0.29, 0.717) is 6.42 Å². The van der Waals surface area contributed by atoms with Gasteiger partial charge in [0.2, 0.25) is 12.2 Å². The predicted octanol–water partition coefficient (Wildman–Crippen LogP) is 0.551. The number of aliphatic hydroxyl groups excluding tert-OH is 2. The molecule has 0 heterocycles. The van der Waals surface area contributed by atoms with Crippen LogP contribution in [-0.4, -0.2) is 102 Å². The maximum Gasteiger partial charge on any atom is 0.303 e. The summed E-state index contributed by atoms with van der Waals surface area (Å²) in [4.78, 5) is 81.5. The van der Waals surface area contributed by atoms with Crippen molar-refractivity contribution in [3.63, 3.8) is 0 Å².